The summed E-state index contributed by atoms with van der Waals surface area (Å²) < 4.78 is 10.7. The van der Waals surface area contributed by atoms with Crippen LogP contribution in [0.4, 0.5) is 0 Å². The Morgan fingerprint density at radius 2 is 2.04 bits per heavy atom. The molecule has 1 fully saturated rings. The Morgan fingerprint density at radius 1 is 1.26 bits per heavy atom. The van der Waals surface area contributed by atoms with Gasteiger partial charge in [-0.25, -0.2) is 4.79 Å². The van der Waals surface area contributed by atoms with Gasteiger partial charge >= 0.3 is 11.6 Å². The van der Waals surface area contributed by atoms with E-state index in [1.165, 1.54) is 6.07 Å². The zero-order valence-electron chi connectivity index (χ0n) is 12.7. The van der Waals surface area contributed by atoms with E-state index in [2.05, 4.69) is 0 Å². The van der Waals surface area contributed by atoms with Gasteiger partial charge in [-0.2, -0.15) is 0 Å². The van der Waals surface area contributed by atoms with Crippen molar-refractivity contribution < 1.29 is 13.9 Å². The quantitative estimate of drug-likeness (QED) is 0.421. The maximum atomic E-state index is 11.9. The highest BCUT2D eigenvalue weighted by atomic mass is 16.5. The molecule has 2 atom stereocenters. The molecule has 1 saturated carbocycles. The number of rotatable bonds is 3. The topological polar surface area (TPSA) is 56.5 Å². The molecule has 0 N–H and O–H groups in total. The van der Waals surface area contributed by atoms with Crippen molar-refractivity contribution in [1.29, 1.82) is 0 Å². The van der Waals surface area contributed by atoms with Crippen molar-refractivity contribution in [2.24, 2.45) is 11.8 Å². The van der Waals surface area contributed by atoms with Crippen molar-refractivity contribution in [3.05, 3.63) is 58.4 Å². The van der Waals surface area contributed by atoms with Crippen LogP contribution in [0.5, 0.6) is 0 Å². The van der Waals surface area contributed by atoms with Crippen LogP contribution in [-0.4, -0.2) is 5.97 Å². The lowest BCUT2D eigenvalue weighted by atomic mass is 10.0. The lowest BCUT2D eigenvalue weighted by molar-refractivity contribution is -0.146. The fourth-order valence-electron chi connectivity index (χ4n) is 3.04. The molecule has 0 aliphatic heterocycles. The first-order valence-corrected chi connectivity index (χ1v) is 7.74. The third-order valence-electron chi connectivity index (χ3n) is 4.50. The number of benzene rings is 2. The molecule has 0 radical (unpaired) electrons. The van der Waals surface area contributed by atoms with Crippen LogP contribution in [0.15, 0.2) is 51.7 Å². The predicted molar refractivity (Wildman–Crippen MR) is 87.1 cm³/mol. The minimum Gasteiger partial charge on any atom is -0.461 e. The van der Waals surface area contributed by atoms with E-state index in [9.17, 15) is 9.59 Å². The molecule has 4 heteroatoms. The summed E-state index contributed by atoms with van der Waals surface area (Å²) in [6.07, 6.45) is 0.888. The number of carbonyl (C=O) groups is 1. The molecule has 3 aromatic rings. The van der Waals surface area contributed by atoms with Gasteiger partial charge in [0.05, 0.1) is 5.92 Å². The molecule has 116 valence electrons. The second-order valence-corrected chi connectivity index (χ2v) is 6.18. The smallest absolute Gasteiger partial charge is 0.336 e. The van der Waals surface area contributed by atoms with Gasteiger partial charge in [0.1, 0.15) is 12.2 Å². The number of ether oxygens (including phenoxy) is 1. The van der Waals surface area contributed by atoms with Gasteiger partial charge in [0.15, 0.2) is 0 Å². The van der Waals surface area contributed by atoms with E-state index in [-0.39, 0.29) is 18.5 Å². The third-order valence-corrected chi connectivity index (χ3v) is 4.50. The molecule has 0 amide bonds. The molecule has 0 spiro atoms. The molecular formula is C19H16O4. The Bertz CT molecular complexity index is 970. The van der Waals surface area contributed by atoms with Gasteiger partial charge in [-0.3, -0.25) is 4.79 Å². The van der Waals surface area contributed by atoms with E-state index in [0.717, 1.165) is 22.6 Å². The van der Waals surface area contributed by atoms with Gasteiger partial charge in [0, 0.05) is 17.0 Å². The van der Waals surface area contributed by atoms with Gasteiger partial charge in [-0.15, -0.1) is 0 Å². The molecule has 1 aliphatic rings. The van der Waals surface area contributed by atoms with E-state index in [1.54, 1.807) is 6.07 Å². The Kier molecular flexibility index (Phi) is 3.18. The Balaban J connectivity index is 1.79. The molecule has 2 aromatic carbocycles. The summed E-state index contributed by atoms with van der Waals surface area (Å²) in [5, 5.41) is 2.87. The highest BCUT2D eigenvalue weighted by molar-refractivity contribution is 6.07. The minimum atomic E-state index is -0.432. The highest BCUT2D eigenvalue weighted by Crippen LogP contribution is 2.39. The lowest BCUT2D eigenvalue weighted by Gasteiger charge is -2.09. The van der Waals surface area contributed by atoms with Crippen LogP contribution < -0.4 is 5.63 Å². The van der Waals surface area contributed by atoms with Crippen LogP contribution >= 0.6 is 0 Å². The molecule has 0 bridgehead atoms. The second-order valence-electron chi connectivity index (χ2n) is 6.18. The van der Waals surface area contributed by atoms with Crippen LogP contribution in [0.3, 0.4) is 0 Å². The number of carbonyl (C=O) groups excluding carboxylic acids is 1. The average Bonchev–Trinajstić information content (AvgIpc) is 3.28. The largest absolute Gasteiger partial charge is 0.461 e. The second kappa shape index (κ2) is 5.23. The first-order valence-electron chi connectivity index (χ1n) is 7.74. The van der Waals surface area contributed by atoms with Crippen LogP contribution in [0.2, 0.25) is 0 Å². The third kappa shape index (κ3) is 2.50. The molecule has 1 aromatic heterocycles. The molecule has 1 aliphatic carbocycles. The van der Waals surface area contributed by atoms with E-state index in [0.29, 0.717) is 17.1 Å². The molecule has 0 unspecified atom stereocenters. The van der Waals surface area contributed by atoms with E-state index in [4.69, 9.17) is 9.15 Å². The number of fused-ring (bicyclic) bond motifs is 3. The van der Waals surface area contributed by atoms with Crippen molar-refractivity contribution >= 4 is 27.7 Å². The SMILES string of the molecule is C[C@H]1C[C@H]1C(=O)OCc1cc(=O)oc2ccc3ccccc3c12. The van der Waals surface area contributed by atoms with Gasteiger partial charge in [0.25, 0.3) is 0 Å². The van der Waals surface area contributed by atoms with Crippen molar-refractivity contribution in [2.75, 3.05) is 0 Å². The highest BCUT2D eigenvalue weighted by Gasteiger charge is 2.40. The normalized spacial score (nSPS) is 19.9. The monoisotopic (exact) mass is 308 g/mol. The fourth-order valence-corrected chi connectivity index (χ4v) is 3.04. The summed E-state index contributed by atoms with van der Waals surface area (Å²) in [6, 6.07) is 13.0. The summed E-state index contributed by atoms with van der Waals surface area (Å²) in [7, 11) is 0. The van der Waals surface area contributed by atoms with Gasteiger partial charge in [-0.1, -0.05) is 37.3 Å². The average molecular weight is 308 g/mol. The summed E-state index contributed by atoms with van der Waals surface area (Å²) in [5.41, 5.74) is 0.773. The minimum absolute atomic E-state index is 0.0122. The van der Waals surface area contributed by atoms with E-state index >= 15 is 0 Å². The summed E-state index contributed by atoms with van der Waals surface area (Å²) in [4.78, 5) is 23.7. The van der Waals surface area contributed by atoms with Crippen molar-refractivity contribution in [2.45, 2.75) is 20.0 Å². The maximum Gasteiger partial charge on any atom is 0.336 e. The first-order chi connectivity index (χ1) is 11.1. The summed E-state index contributed by atoms with van der Waals surface area (Å²) in [5.74, 6) is 0.234. The molecule has 4 nitrogen and oxygen atoms in total. The number of hydrogen-bond donors (Lipinski definition) is 0. The number of esters is 1. The van der Waals surface area contributed by atoms with Crippen LogP contribution in [0.25, 0.3) is 21.7 Å². The first kappa shape index (κ1) is 14.0. The van der Waals surface area contributed by atoms with Gasteiger partial charge < -0.3 is 9.15 Å². The Labute approximate surface area is 132 Å². The number of hydrogen-bond acceptors (Lipinski definition) is 4. The van der Waals surface area contributed by atoms with Crippen LogP contribution in [0.1, 0.15) is 18.9 Å². The molecule has 0 saturated heterocycles. The van der Waals surface area contributed by atoms with E-state index < -0.39 is 5.63 Å². The van der Waals surface area contributed by atoms with Crippen molar-refractivity contribution in [3.8, 4) is 0 Å². The Morgan fingerprint density at radius 3 is 2.83 bits per heavy atom. The molecule has 4 rings (SSSR count). The Hall–Kier alpha value is -2.62. The zero-order valence-corrected chi connectivity index (χ0v) is 12.7. The van der Waals surface area contributed by atoms with Gasteiger partial charge in [-0.05, 0) is 29.2 Å². The predicted octanol–water partition coefficient (Wildman–Crippen LogP) is 3.65. The van der Waals surface area contributed by atoms with Crippen molar-refractivity contribution in [1.82, 2.24) is 0 Å². The zero-order chi connectivity index (χ0) is 16.0. The molecule has 23 heavy (non-hydrogen) atoms. The van der Waals surface area contributed by atoms with Crippen LogP contribution in [-0.2, 0) is 16.1 Å². The lowest BCUT2D eigenvalue weighted by Crippen LogP contribution is -2.09. The maximum absolute atomic E-state index is 11.9. The van der Waals surface area contributed by atoms with Crippen LogP contribution in [0, 0.1) is 11.8 Å². The van der Waals surface area contributed by atoms with Crippen molar-refractivity contribution in [3.63, 3.8) is 0 Å². The summed E-state index contributed by atoms with van der Waals surface area (Å²) in [6.45, 7) is 2.13. The molecule has 1 heterocycles. The van der Waals surface area contributed by atoms with E-state index in [1.807, 2.05) is 37.3 Å². The molecular weight excluding hydrogens is 292 g/mol. The van der Waals surface area contributed by atoms with Gasteiger partial charge in [0.2, 0.25) is 0 Å². The summed E-state index contributed by atoms with van der Waals surface area (Å²) >= 11 is 0. The fraction of sp³-hybridized carbons (Fsp3) is 0.263. The standard InChI is InChI=1S/C19H16O4/c1-11-8-15(11)19(21)22-10-13-9-17(20)23-16-7-6-12-4-2-3-5-14(12)18(13)16/h2-7,9,11,15H,8,10H2,1H3/t11-,15+/m0/s1.